The lowest BCUT2D eigenvalue weighted by Gasteiger charge is -2.48. The van der Waals surface area contributed by atoms with Crippen molar-refractivity contribution in [2.24, 2.45) is 5.73 Å². The molecule has 2 aliphatic rings. The van der Waals surface area contributed by atoms with Crippen molar-refractivity contribution in [2.45, 2.75) is 49.5 Å². The van der Waals surface area contributed by atoms with Gasteiger partial charge < -0.3 is 10.5 Å². The first kappa shape index (κ1) is 13.7. The number of nitrogens with zero attached hydrogens (tertiary/aromatic N) is 1. The zero-order chi connectivity index (χ0) is 12.3. The highest BCUT2D eigenvalue weighted by Gasteiger charge is 2.41. The molecule has 2 aliphatic heterocycles. The molecule has 0 bridgehead atoms. The maximum atomic E-state index is 6.11. The Morgan fingerprint density at radius 3 is 2.88 bits per heavy atom. The summed E-state index contributed by atoms with van der Waals surface area (Å²) in [5.41, 5.74) is 6.30. The van der Waals surface area contributed by atoms with Crippen LogP contribution >= 0.6 is 11.8 Å². The van der Waals surface area contributed by atoms with Gasteiger partial charge in [0.05, 0.1) is 6.10 Å². The predicted octanol–water partition coefficient (Wildman–Crippen LogP) is 1.71. The van der Waals surface area contributed by atoms with E-state index in [1.807, 2.05) is 0 Å². The highest BCUT2D eigenvalue weighted by molar-refractivity contribution is 8.00. The van der Waals surface area contributed by atoms with Gasteiger partial charge in [-0.1, -0.05) is 6.92 Å². The van der Waals surface area contributed by atoms with Crippen LogP contribution in [0.1, 0.15) is 32.6 Å². The minimum atomic E-state index is 0.189. The zero-order valence-corrected chi connectivity index (χ0v) is 12.0. The van der Waals surface area contributed by atoms with Crippen molar-refractivity contribution in [3.8, 4) is 0 Å². The van der Waals surface area contributed by atoms with E-state index in [9.17, 15) is 0 Å². The fourth-order valence-corrected chi connectivity index (χ4v) is 4.57. The first-order chi connectivity index (χ1) is 8.19. The molecule has 2 N–H and O–H groups in total. The zero-order valence-electron chi connectivity index (χ0n) is 11.2. The van der Waals surface area contributed by atoms with Crippen molar-refractivity contribution < 1.29 is 4.74 Å². The fraction of sp³-hybridized carbons (Fsp3) is 1.00. The van der Waals surface area contributed by atoms with Crippen LogP contribution in [0.4, 0.5) is 0 Å². The number of likely N-dealkylation sites (N-methyl/N-ethyl adjacent to an activating group) is 1. The summed E-state index contributed by atoms with van der Waals surface area (Å²) >= 11 is 2.07. The van der Waals surface area contributed by atoms with Gasteiger partial charge in [-0.05, 0) is 38.5 Å². The highest BCUT2D eigenvalue weighted by atomic mass is 32.2. The van der Waals surface area contributed by atoms with Gasteiger partial charge in [0.25, 0.3) is 0 Å². The van der Waals surface area contributed by atoms with Crippen molar-refractivity contribution in [3.05, 3.63) is 0 Å². The SMILES string of the molecule is CC1SCCCC1(CN)N(C)CC1CCCO1. The Kier molecular flexibility index (Phi) is 4.75. The second-order valence-corrected chi connectivity index (χ2v) is 6.89. The van der Waals surface area contributed by atoms with E-state index < -0.39 is 0 Å². The standard InChI is InChI=1S/C13H26N2OS/c1-11-13(10-14,6-4-8-17-11)15(2)9-12-5-3-7-16-12/h11-12H,3-10,14H2,1-2H3. The summed E-state index contributed by atoms with van der Waals surface area (Å²) in [6.45, 7) is 5.09. The Bertz CT molecular complexity index is 246. The van der Waals surface area contributed by atoms with E-state index in [1.54, 1.807) is 0 Å². The van der Waals surface area contributed by atoms with E-state index >= 15 is 0 Å². The van der Waals surface area contributed by atoms with Gasteiger partial charge in [0.2, 0.25) is 0 Å². The Hall–Kier alpha value is 0.230. The molecule has 2 rings (SSSR count). The van der Waals surface area contributed by atoms with Gasteiger partial charge in [0, 0.05) is 30.5 Å². The molecule has 0 radical (unpaired) electrons. The minimum Gasteiger partial charge on any atom is -0.377 e. The number of hydrogen-bond donors (Lipinski definition) is 1. The molecule has 0 saturated carbocycles. The van der Waals surface area contributed by atoms with E-state index in [2.05, 4.69) is 30.6 Å². The molecule has 100 valence electrons. The molecule has 3 atom stereocenters. The molecule has 3 nitrogen and oxygen atoms in total. The van der Waals surface area contributed by atoms with Crippen LogP contribution in [-0.2, 0) is 4.74 Å². The first-order valence-electron chi connectivity index (χ1n) is 6.83. The van der Waals surface area contributed by atoms with Crippen molar-refractivity contribution in [3.63, 3.8) is 0 Å². The minimum absolute atomic E-state index is 0.189. The van der Waals surface area contributed by atoms with E-state index in [4.69, 9.17) is 10.5 Å². The normalized spacial score (nSPS) is 38.8. The van der Waals surface area contributed by atoms with Crippen LogP contribution in [0.2, 0.25) is 0 Å². The molecule has 2 saturated heterocycles. The maximum absolute atomic E-state index is 6.11. The number of hydrogen-bond acceptors (Lipinski definition) is 4. The average Bonchev–Trinajstić information content (AvgIpc) is 2.82. The summed E-state index contributed by atoms with van der Waals surface area (Å²) in [6.07, 6.45) is 5.40. The van der Waals surface area contributed by atoms with Crippen molar-refractivity contribution in [2.75, 3.05) is 32.5 Å². The Morgan fingerprint density at radius 2 is 2.29 bits per heavy atom. The predicted molar refractivity (Wildman–Crippen MR) is 74.5 cm³/mol. The van der Waals surface area contributed by atoms with Crippen molar-refractivity contribution >= 4 is 11.8 Å². The summed E-state index contributed by atoms with van der Waals surface area (Å²) in [4.78, 5) is 2.49. The summed E-state index contributed by atoms with van der Waals surface area (Å²) in [5, 5.41) is 0.632. The molecular formula is C13H26N2OS. The topological polar surface area (TPSA) is 38.5 Å². The van der Waals surface area contributed by atoms with Gasteiger partial charge in [0.1, 0.15) is 0 Å². The van der Waals surface area contributed by atoms with Gasteiger partial charge in [-0.15, -0.1) is 0 Å². The van der Waals surface area contributed by atoms with Crippen LogP contribution in [0.5, 0.6) is 0 Å². The molecule has 0 aromatic carbocycles. The monoisotopic (exact) mass is 258 g/mol. The highest BCUT2D eigenvalue weighted by Crippen LogP contribution is 2.37. The molecule has 0 spiro atoms. The third-order valence-corrected chi connectivity index (χ3v) is 5.96. The van der Waals surface area contributed by atoms with Crippen LogP contribution in [-0.4, -0.2) is 54.3 Å². The molecule has 2 heterocycles. The first-order valence-corrected chi connectivity index (χ1v) is 7.88. The van der Waals surface area contributed by atoms with E-state index in [0.717, 1.165) is 19.7 Å². The summed E-state index contributed by atoms with van der Waals surface area (Å²) in [5.74, 6) is 1.29. The van der Waals surface area contributed by atoms with E-state index in [-0.39, 0.29) is 5.54 Å². The van der Waals surface area contributed by atoms with Crippen LogP contribution in [0.3, 0.4) is 0 Å². The summed E-state index contributed by atoms with van der Waals surface area (Å²) in [6, 6.07) is 0. The largest absolute Gasteiger partial charge is 0.377 e. The Labute approximate surface area is 109 Å². The van der Waals surface area contributed by atoms with Gasteiger partial charge in [-0.3, -0.25) is 4.90 Å². The molecular weight excluding hydrogens is 232 g/mol. The van der Waals surface area contributed by atoms with Crippen LogP contribution in [0.15, 0.2) is 0 Å². The lowest BCUT2D eigenvalue weighted by atomic mass is 9.87. The number of thioether (sulfide) groups is 1. The third-order valence-electron chi connectivity index (χ3n) is 4.49. The van der Waals surface area contributed by atoms with Crippen molar-refractivity contribution in [1.82, 2.24) is 4.90 Å². The smallest absolute Gasteiger partial charge is 0.0702 e. The quantitative estimate of drug-likeness (QED) is 0.833. The van der Waals surface area contributed by atoms with Crippen LogP contribution < -0.4 is 5.73 Å². The van der Waals surface area contributed by atoms with Gasteiger partial charge in [-0.25, -0.2) is 0 Å². The lowest BCUT2D eigenvalue weighted by molar-refractivity contribution is 0.0322. The third kappa shape index (κ3) is 2.80. The van der Waals surface area contributed by atoms with Gasteiger partial charge >= 0.3 is 0 Å². The fourth-order valence-electron chi connectivity index (χ4n) is 3.20. The molecule has 0 aromatic rings. The maximum Gasteiger partial charge on any atom is 0.0702 e. The summed E-state index contributed by atoms with van der Waals surface area (Å²) in [7, 11) is 2.23. The molecule has 0 aromatic heterocycles. The molecule has 0 amide bonds. The average molecular weight is 258 g/mol. The molecule has 0 aliphatic carbocycles. The van der Waals surface area contributed by atoms with Crippen LogP contribution in [0.25, 0.3) is 0 Å². The van der Waals surface area contributed by atoms with Gasteiger partial charge in [0.15, 0.2) is 0 Å². The van der Waals surface area contributed by atoms with E-state index in [0.29, 0.717) is 11.4 Å². The summed E-state index contributed by atoms with van der Waals surface area (Å²) < 4.78 is 5.75. The number of rotatable bonds is 4. The molecule has 3 unspecified atom stereocenters. The Morgan fingerprint density at radius 1 is 1.47 bits per heavy atom. The molecule has 4 heteroatoms. The van der Waals surface area contributed by atoms with Crippen molar-refractivity contribution in [1.29, 1.82) is 0 Å². The Balaban J connectivity index is 1.99. The molecule has 17 heavy (non-hydrogen) atoms. The lowest BCUT2D eigenvalue weighted by Crippen LogP contribution is -2.60. The van der Waals surface area contributed by atoms with Crippen LogP contribution in [0, 0.1) is 0 Å². The molecule has 2 fully saturated rings. The second kappa shape index (κ2) is 5.91. The number of ether oxygens (including phenoxy) is 1. The van der Waals surface area contributed by atoms with Gasteiger partial charge in [-0.2, -0.15) is 11.8 Å². The van der Waals surface area contributed by atoms with E-state index in [1.165, 1.54) is 31.4 Å². The second-order valence-electron chi connectivity index (χ2n) is 5.44. The number of nitrogens with two attached hydrogens (primary N) is 1.